The third-order valence-electron chi connectivity index (χ3n) is 11.0. The Morgan fingerprint density at radius 3 is 2.52 bits per heavy atom. The van der Waals surface area contributed by atoms with Crippen molar-refractivity contribution in [3.8, 4) is 29.0 Å². The number of nitrogens with zero attached hydrogens (tertiary/aromatic N) is 4. The minimum atomic E-state index is -0.0703. The monoisotopic (exact) mass is 644 g/mol. The second-order valence-corrected chi connectivity index (χ2v) is 13.9. The normalized spacial score (nSPS) is 19.3. The second kappa shape index (κ2) is 10.9. The molecule has 3 atom stereocenters. The number of nitriles is 2. The van der Waals surface area contributed by atoms with E-state index in [1.807, 2.05) is 24.3 Å². The minimum Gasteiger partial charge on any atom is -0.464 e. The molecule has 0 N–H and O–H groups in total. The van der Waals surface area contributed by atoms with Gasteiger partial charge in [0.25, 0.3) is 0 Å². The van der Waals surface area contributed by atoms with Crippen molar-refractivity contribution in [3.63, 3.8) is 0 Å². The van der Waals surface area contributed by atoms with Crippen molar-refractivity contribution in [2.75, 3.05) is 4.90 Å². The van der Waals surface area contributed by atoms with Gasteiger partial charge in [-0.05, 0) is 84.1 Å². The first-order valence-electron chi connectivity index (χ1n) is 17.4. The number of furan rings is 1. The van der Waals surface area contributed by atoms with E-state index in [9.17, 15) is 10.5 Å². The van der Waals surface area contributed by atoms with Crippen LogP contribution in [0.1, 0.15) is 82.2 Å². The summed E-state index contributed by atoms with van der Waals surface area (Å²) in [5, 5.41) is 21.5. The van der Waals surface area contributed by atoms with Crippen molar-refractivity contribution < 1.29 is 4.42 Å². The van der Waals surface area contributed by atoms with E-state index in [2.05, 4.69) is 126 Å². The highest BCUT2D eigenvalue weighted by Crippen LogP contribution is 2.54. The summed E-state index contributed by atoms with van der Waals surface area (Å²) in [7, 11) is 0. The second-order valence-electron chi connectivity index (χ2n) is 13.9. The smallest absolute Gasteiger partial charge is 0.121 e. The van der Waals surface area contributed by atoms with Crippen LogP contribution >= 0.6 is 0 Å². The van der Waals surface area contributed by atoms with Crippen LogP contribution in [0.3, 0.4) is 0 Å². The third-order valence-corrected chi connectivity index (χ3v) is 11.0. The molecular formula is C45H32N4O. The molecule has 0 saturated carbocycles. The van der Waals surface area contributed by atoms with E-state index in [-0.39, 0.29) is 12.0 Å². The molecule has 3 heterocycles. The highest BCUT2D eigenvalue weighted by molar-refractivity contribution is 5.94. The average molecular weight is 645 g/mol. The average Bonchev–Trinajstić information content (AvgIpc) is 3.82. The molecule has 50 heavy (non-hydrogen) atoms. The fraction of sp³-hybridized carbons (Fsp3) is 0.156. The number of aryl methyl sites for hydroxylation is 1. The molecule has 0 amide bonds. The summed E-state index contributed by atoms with van der Waals surface area (Å²) in [6.07, 6.45) is 16.3. The van der Waals surface area contributed by atoms with Gasteiger partial charge < -0.3 is 13.9 Å². The van der Waals surface area contributed by atoms with E-state index in [0.717, 1.165) is 70.1 Å². The van der Waals surface area contributed by atoms with Crippen LogP contribution in [0.5, 0.6) is 0 Å². The summed E-state index contributed by atoms with van der Waals surface area (Å²) < 4.78 is 9.07. The summed E-state index contributed by atoms with van der Waals surface area (Å²) in [5.74, 6) is 2.32. The molecule has 4 aliphatic rings. The molecule has 1 aliphatic heterocycles. The van der Waals surface area contributed by atoms with Gasteiger partial charge in [-0.25, -0.2) is 0 Å². The van der Waals surface area contributed by atoms with Crippen molar-refractivity contribution in [2.45, 2.75) is 44.1 Å². The number of fused-ring (bicyclic) bond motifs is 10. The maximum Gasteiger partial charge on any atom is 0.121 e. The molecule has 10 rings (SSSR count). The Hall–Kier alpha value is -6.30. The minimum absolute atomic E-state index is 0.0662. The van der Waals surface area contributed by atoms with Crippen LogP contribution in [-0.2, 0) is 6.42 Å². The Labute approximate surface area is 290 Å². The SMILES string of the molecule is CC1CC=Cc2c1n(-c1cccc(-c3cc(C#N)cc(N4c5ccc(C#N)cc5C5c6oc7c(c6C=CC54)C=CCC7)c3)c1)c1ccccc21. The molecule has 3 unspecified atom stereocenters. The van der Waals surface area contributed by atoms with Crippen LogP contribution in [0.2, 0.25) is 0 Å². The summed E-state index contributed by atoms with van der Waals surface area (Å²) >= 11 is 0. The van der Waals surface area contributed by atoms with Crippen LogP contribution in [0.4, 0.5) is 11.4 Å². The first-order chi connectivity index (χ1) is 24.6. The molecular weight excluding hydrogens is 613 g/mol. The van der Waals surface area contributed by atoms with Crippen LogP contribution in [-0.4, -0.2) is 10.6 Å². The zero-order valence-electron chi connectivity index (χ0n) is 27.6. The lowest BCUT2D eigenvalue weighted by atomic mass is 9.84. The van der Waals surface area contributed by atoms with Gasteiger partial charge in [-0.3, -0.25) is 0 Å². The molecule has 4 aromatic carbocycles. The van der Waals surface area contributed by atoms with Crippen molar-refractivity contribution in [1.29, 1.82) is 10.5 Å². The van der Waals surface area contributed by atoms with Gasteiger partial charge in [0.05, 0.1) is 40.7 Å². The van der Waals surface area contributed by atoms with E-state index in [4.69, 9.17) is 4.42 Å². The molecule has 6 aromatic rings. The number of anilines is 2. The van der Waals surface area contributed by atoms with Crippen LogP contribution < -0.4 is 4.90 Å². The number of aromatic nitrogens is 1. The first-order valence-corrected chi connectivity index (χ1v) is 17.4. The molecule has 0 bridgehead atoms. The zero-order valence-corrected chi connectivity index (χ0v) is 27.6. The van der Waals surface area contributed by atoms with Crippen LogP contribution in [0.25, 0.3) is 45.9 Å². The van der Waals surface area contributed by atoms with Crippen molar-refractivity contribution in [1.82, 2.24) is 4.57 Å². The molecule has 5 nitrogen and oxygen atoms in total. The number of rotatable bonds is 3. The predicted octanol–water partition coefficient (Wildman–Crippen LogP) is 10.8. The van der Waals surface area contributed by atoms with Gasteiger partial charge in [0.15, 0.2) is 0 Å². The lowest BCUT2D eigenvalue weighted by Crippen LogP contribution is -2.30. The number of allylic oxidation sites excluding steroid dienone is 2. The van der Waals surface area contributed by atoms with Crippen molar-refractivity contribution in [3.05, 3.63) is 154 Å². The van der Waals surface area contributed by atoms with Crippen LogP contribution in [0.15, 0.2) is 108 Å². The molecule has 2 aromatic heterocycles. The zero-order chi connectivity index (χ0) is 33.5. The van der Waals surface area contributed by atoms with Gasteiger partial charge in [0.1, 0.15) is 11.5 Å². The number of hydrogen-bond donors (Lipinski definition) is 0. The highest BCUT2D eigenvalue weighted by Gasteiger charge is 2.44. The quantitative estimate of drug-likeness (QED) is 0.192. The van der Waals surface area contributed by atoms with Crippen molar-refractivity contribution >= 4 is 40.5 Å². The molecule has 0 saturated heterocycles. The predicted molar refractivity (Wildman–Crippen MR) is 200 cm³/mol. The maximum atomic E-state index is 10.3. The maximum absolute atomic E-state index is 10.3. The van der Waals surface area contributed by atoms with Gasteiger partial charge in [-0.15, -0.1) is 0 Å². The number of hydrogen-bond acceptors (Lipinski definition) is 4. The van der Waals surface area contributed by atoms with Gasteiger partial charge in [-0.2, -0.15) is 10.5 Å². The van der Waals surface area contributed by atoms with Gasteiger partial charge in [0.2, 0.25) is 0 Å². The number of benzene rings is 4. The van der Waals surface area contributed by atoms with E-state index in [1.54, 1.807) is 0 Å². The van der Waals surface area contributed by atoms with Gasteiger partial charge >= 0.3 is 0 Å². The highest BCUT2D eigenvalue weighted by atomic mass is 16.3. The fourth-order valence-electron chi connectivity index (χ4n) is 8.83. The Morgan fingerprint density at radius 1 is 0.760 bits per heavy atom. The van der Waals surface area contributed by atoms with Gasteiger partial charge in [-0.1, -0.05) is 73.7 Å². The molecule has 238 valence electrons. The Kier molecular flexibility index (Phi) is 6.23. The lowest BCUT2D eigenvalue weighted by Gasteiger charge is -2.30. The third kappa shape index (κ3) is 4.11. The van der Waals surface area contributed by atoms with Crippen LogP contribution in [0, 0.1) is 22.7 Å². The van der Waals surface area contributed by atoms with E-state index in [1.165, 1.54) is 27.7 Å². The molecule has 3 aliphatic carbocycles. The summed E-state index contributed by atoms with van der Waals surface area (Å²) in [6.45, 7) is 2.31. The van der Waals surface area contributed by atoms with E-state index in [0.29, 0.717) is 17.0 Å². The molecule has 0 fully saturated rings. The topological polar surface area (TPSA) is 68.9 Å². The number of para-hydroxylation sites is 1. The Bertz CT molecular complexity index is 2600. The summed E-state index contributed by atoms with van der Waals surface area (Å²) in [4.78, 5) is 2.33. The molecule has 0 spiro atoms. The largest absolute Gasteiger partial charge is 0.464 e. The lowest BCUT2D eigenvalue weighted by molar-refractivity contribution is 0.438. The van der Waals surface area contributed by atoms with Gasteiger partial charge in [0, 0.05) is 57.2 Å². The van der Waals surface area contributed by atoms with E-state index >= 15 is 0 Å². The standard InChI is InChI=1S/C45H32N4O/c1-27-8-6-13-36-34-11-2-4-14-39(34)49(44(27)36)32-10-7-9-30(23-32)31-20-29(26-47)21-33(24-31)48-40-18-16-28(25-46)22-38(40)43-41(48)19-17-37-35-12-3-5-15-42(35)50-45(37)43/h2-4,6-7,9-14,16-24,27,41,43H,5,8,15H2,1H3. The van der Waals surface area contributed by atoms with Crippen molar-refractivity contribution in [2.24, 2.45) is 0 Å². The molecule has 5 heteroatoms. The molecule has 0 radical (unpaired) electrons. The Morgan fingerprint density at radius 2 is 1.62 bits per heavy atom. The Balaban J connectivity index is 1.12. The fourth-order valence-corrected chi connectivity index (χ4v) is 8.83. The van der Waals surface area contributed by atoms with E-state index < -0.39 is 0 Å². The first kappa shape index (κ1) is 28.7. The summed E-state index contributed by atoms with van der Waals surface area (Å²) in [6, 6.07) is 34.2. The summed E-state index contributed by atoms with van der Waals surface area (Å²) in [5.41, 5.74) is 13.6.